The fourth-order valence-corrected chi connectivity index (χ4v) is 2.85. The molecular weight excluding hydrogens is 340 g/mol. The van der Waals surface area contributed by atoms with Crippen LogP contribution < -0.4 is 5.32 Å². The van der Waals surface area contributed by atoms with Crippen molar-refractivity contribution in [2.45, 2.75) is 19.1 Å². The number of nitrogens with one attached hydrogen (secondary N) is 1. The van der Waals surface area contributed by atoms with Gasteiger partial charge in [-0.2, -0.15) is 9.97 Å². The highest BCUT2D eigenvalue weighted by Gasteiger charge is 2.22. The van der Waals surface area contributed by atoms with Crippen LogP contribution in [0, 0.1) is 11.6 Å². The molecule has 0 radical (unpaired) electrons. The average Bonchev–Trinajstić information content (AvgIpc) is 3.18. The Morgan fingerprint density at radius 1 is 1.29 bits per heavy atom. The molecule has 2 aromatic heterocycles. The summed E-state index contributed by atoms with van der Waals surface area (Å²) < 4.78 is 34.3. The molecular formula is C15H12ClF2N5O. The lowest BCUT2D eigenvalue weighted by Gasteiger charge is -2.12. The van der Waals surface area contributed by atoms with Crippen molar-refractivity contribution in [1.29, 1.82) is 0 Å². The molecule has 0 spiro atoms. The summed E-state index contributed by atoms with van der Waals surface area (Å²) in [4.78, 5) is 12.6. The summed E-state index contributed by atoms with van der Waals surface area (Å²) in [7, 11) is 0. The van der Waals surface area contributed by atoms with E-state index in [0.717, 1.165) is 25.0 Å². The van der Waals surface area contributed by atoms with Crippen molar-refractivity contribution in [2.75, 3.05) is 11.9 Å². The lowest BCUT2D eigenvalue weighted by molar-refractivity contribution is 0.0593. The highest BCUT2D eigenvalue weighted by Crippen LogP contribution is 2.30. The molecule has 3 aromatic rings. The zero-order valence-corrected chi connectivity index (χ0v) is 13.1. The van der Waals surface area contributed by atoms with E-state index in [1.54, 1.807) is 10.9 Å². The van der Waals surface area contributed by atoms with Gasteiger partial charge in [0, 0.05) is 12.7 Å². The molecule has 1 fully saturated rings. The molecule has 0 aliphatic carbocycles. The van der Waals surface area contributed by atoms with Gasteiger partial charge < -0.3 is 10.1 Å². The van der Waals surface area contributed by atoms with Gasteiger partial charge in [-0.25, -0.2) is 13.8 Å². The van der Waals surface area contributed by atoms with E-state index in [4.69, 9.17) is 16.3 Å². The average molecular weight is 352 g/mol. The monoisotopic (exact) mass is 351 g/mol. The predicted molar refractivity (Wildman–Crippen MR) is 84.2 cm³/mol. The van der Waals surface area contributed by atoms with Crippen LogP contribution >= 0.6 is 11.6 Å². The molecule has 0 saturated carbocycles. The highest BCUT2D eigenvalue weighted by atomic mass is 35.5. The van der Waals surface area contributed by atoms with Crippen LogP contribution in [0.15, 0.2) is 24.5 Å². The Morgan fingerprint density at radius 2 is 2.17 bits per heavy atom. The maximum Gasteiger partial charge on any atom is 0.226 e. The van der Waals surface area contributed by atoms with E-state index >= 15 is 0 Å². The molecule has 3 heterocycles. The van der Waals surface area contributed by atoms with Gasteiger partial charge in [-0.15, -0.1) is 0 Å². The molecule has 0 amide bonds. The number of nitrogens with zero attached hydrogens (tertiary/aromatic N) is 4. The van der Waals surface area contributed by atoms with Crippen LogP contribution in [-0.4, -0.2) is 26.1 Å². The molecule has 1 aliphatic rings. The number of halogens is 3. The topological polar surface area (TPSA) is 64.9 Å². The third kappa shape index (κ3) is 2.67. The van der Waals surface area contributed by atoms with Crippen LogP contribution in [0.2, 0.25) is 5.28 Å². The second-order valence-corrected chi connectivity index (χ2v) is 5.72. The van der Waals surface area contributed by atoms with Crippen LogP contribution in [-0.2, 0) is 4.74 Å². The zero-order valence-electron chi connectivity index (χ0n) is 12.3. The fraction of sp³-hybridized carbons (Fsp3) is 0.267. The van der Waals surface area contributed by atoms with E-state index in [9.17, 15) is 8.78 Å². The predicted octanol–water partition coefficient (Wildman–Crippen LogP) is 3.81. The molecule has 1 saturated heterocycles. The first-order chi connectivity index (χ1) is 11.6. The number of rotatable bonds is 3. The summed E-state index contributed by atoms with van der Waals surface area (Å²) in [6, 6.07) is 3.22. The summed E-state index contributed by atoms with van der Waals surface area (Å²) in [6.45, 7) is 0.676. The van der Waals surface area contributed by atoms with Crippen molar-refractivity contribution in [3.8, 4) is 0 Å². The number of imidazole rings is 1. The van der Waals surface area contributed by atoms with Crippen LogP contribution in [0.3, 0.4) is 0 Å². The van der Waals surface area contributed by atoms with Crippen molar-refractivity contribution < 1.29 is 13.5 Å². The van der Waals surface area contributed by atoms with Gasteiger partial charge in [0.1, 0.15) is 17.9 Å². The first-order valence-electron chi connectivity index (χ1n) is 7.35. The van der Waals surface area contributed by atoms with E-state index in [0.29, 0.717) is 17.8 Å². The standard InChI is InChI=1S/C15H12ClF2N5O/c16-15-21-13(20-10-4-3-8(17)6-9(10)18)12-14(22-15)23(7-19-12)11-2-1-5-24-11/h3-4,6-7,11H,1-2,5H2,(H,20,21,22). The maximum atomic E-state index is 13.9. The number of hydrogen-bond acceptors (Lipinski definition) is 5. The van der Waals surface area contributed by atoms with Gasteiger partial charge in [0.15, 0.2) is 17.0 Å². The maximum absolute atomic E-state index is 13.9. The van der Waals surface area contributed by atoms with Crippen molar-refractivity contribution in [2.24, 2.45) is 0 Å². The summed E-state index contributed by atoms with van der Waals surface area (Å²) in [5.74, 6) is -1.16. The molecule has 6 nitrogen and oxygen atoms in total. The summed E-state index contributed by atoms with van der Waals surface area (Å²) in [6.07, 6.45) is 3.24. The van der Waals surface area contributed by atoms with Crippen LogP contribution in [0.1, 0.15) is 19.1 Å². The second kappa shape index (κ2) is 5.95. The first kappa shape index (κ1) is 15.2. The molecule has 9 heteroatoms. The van der Waals surface area contributed by atoms with Crippen molar-refractivity contribution in [3.05, 3.63) is 41.4 Å². The minimum absolute atomic E-state index is 0.00716. The number of aromatic nitrogens is 4. The third-order valence-corrected chi connectivity index (χ3v) is 3.96. The van der Waals surface area contributed by atoms with Gasteiger partial charge in [0.25, 0.3) is 0 Å². The normalized spacial score (nSPS) is 17.5. The molecule has 1 aromatic carbocycles. The Kier molecular flexibility index (Phi) is 3.78. The number of fused-ring (bicyclic) bond motifs is 1. The number of hydrogen-bond donors (Lipinski definition) is 1. The van der Waals surface area contributed by atoms with E-state index in [-0.39, 0.29) is 23.0 Å². The Balaban J connectivity index is 1.77. The molecule has 24 heavy (non-hydrogen) atoms. The van der Waals surface area contributed by atoms with Crippen molar-refractivity contribution in [1.82, 2.24) is 19.5 Å². The molecule has 0 bridgehead atoms. The van der Waals surface area contributed by atoms with E-state index < -0.39 is 11.6 Å². The van der Waals surface area contributed by atoms with Crippen LogP contribution in [0.4, 0.5) is 20.3 Å². The Hall–Kier alpha value is -2.32. The Morgan fingerprint density at radius 3 is 2.92 bits per heavy atom. The minimum atomic E-state index is -0.739. The number of benzene rings is 1. The van der Waals surface area contributed by atoms with Crippen molar-refractivity contribution >= 4 is 34.3 Å². The van der Waals surface area contributed by atoms with Gasteiger partial charge in [-0.1, -0.05) is 0 Å². The van der Waals surface area contributed by atoms with Crippen LogP contribution in [0.25, 0.3) is 11.2 Å². The molecule has 1 atom stereocenters. The molecule has 1 aliphatic heterocycles. The second-order valence-electron chi connectivity index (χ2n) is 5.38. The summed E-state index contributed by atoms with van der Waals surface area (Å²) in [5.41, 5.74) is 0.990. The highest BCUT2D eigenvalue weighted by molar-refractivity contribution is 6.28. The van der Waals surface area contributed by atoms with E-state index in [2.05, 4.69) is 20.3 Å². The lowest BCUT2D eigenvalue weighted by Crippen LogP contribution is -2.07. The summed E-state index contributed by atoms with van der Waals surface area (Å²) >= 11 is 5.99. The molecule has 124 valence electrons. The SMILES string of the molecule is Fc1ccc(Nc2nc(Cl)nc3c2ncn3C2CCCO2)c(F)c1. The first-order valence-corrected chi connectivity index (χ1v) is 7.73. The molecule has 4 rings (SSSR count). The van der Waals surface area contributed by atoms with Gasteiger partial charge in [-0.05, 0) is 36.6 Å². The van der Waals surface area contributed by atoms with Gasteiger partial charge in [0.2, 0.25) is 5.28 Å². The zero-order chi connectivity index (χ0) is 16.7. The van der Waals surface area contributed by atoms with Gasteiger partial charge in [0.05, 0.1) is 12.0 Å². The van der Waals surface area contributed by atoms with E-state index in [1.807, 2.05) is 0 Å². The van der Waals surface area contributed by atoms with E-state index in [1.165, 1.54) is 6.07 Å². The number of anilines is 2. The Bertz CT molecular complexity index is 910. The van der Waals surface area contributed by atoms with Gasteiger partial charge >= 0.3 is 0 Å². The third-order valence-electron chi connectivity index (χ3n) is 3.79. The minimum Gasteiger partial charge on any atom is -0.358 e. The fourth-order valence-electron chi connectivity index (χ4n) is 2.69. The summed E-state index contributed by atoms with van der Waals surface area (Å²) in [5, 5.41) is 2.79. The number of ether oxygens (including phenoxy) is 1. The van der Waals surface area contributed by atoms with Crippen molar-refractivity contribution in [3.63, 3.8) is 0 Å². The quantitative estimate of drug-likeness (QED) is 0.727. The largest absolute Gasteiger partial charge is 0.358 e. The van der Waals surface area contributed by atoms with Gasteiger partial charge in [-0.3, -0.25) is 4.57 Å². The molecule has 1 unspecified atom stereocenters. The Labute approximate surface area is 140 Å². The smallest absolute Gasteiger partial charge is 0.226 e. The lowest BCUT2D eigenvalue weighted by atomic mass is 10.3. The van der Waals surface area contributed by atoms with Crippen LogP contribution in [0.5, 0.6) is 0 Å². The molecule has 1 N–H and O–H groups in total.